The van der Waals surface area contributed by atoms with E-state index in [2.05, 4.69) is 27.2 Å². The fourth-order valence-electron chi connectivity index (χ4n) is 2.03. The predicted molar refractivity (Wildman–Crippen MR) is 72.1 cm³/mol. The van der Waals surface area contributed by atoms with E-state index in [4.69, 9.17) is 4.74 Å². The third-order valence-electron chi connectivity index (χ3n) is 3.11. The minimum absolute atomic E-state index is 0.126. The van der Waals surface area contributed by atoms with E-state index in [0.717, 1.165) is 37.3 Å². The Hall–Kier alpha value is -1.69. The third kappa shape index (κ3) is 3.89. The molecule has 1 aliphatic rings. The topological polar surface area (TPSA) is 67.3 Å². The SMILES string of the molecule is CCOC(=O)CNc1cnc2c(n1)CCN(C)CC2. The molecule has 1 aromatic rings. The van der Waals surface area contributed by atoms with Crippen molar-refractivity contribution >= 4 is 11.8 Å². The second-order valence-electron chi connectivity index (χ2n) is 4.61. The molecule has 0 saturated heterocycles. The maximum Gasteiger partial charge on any atom is 0.325 e. The number of nitrogens with one attached hydrogen (secondary N) is 1. The maximum absolute atomic E-state index is 11.3. The van der Waals surface area contributed by atoms with Crippen molar-refractivity contribution in [3.05, 3.63) is 17.6 Å². The highest BCUT2D eigenvalue weighted by Crippen LogP contribution is 2.13. The Morgan fingerprint density at radius 1 is 1.42 bits per heavy atom. The molecule has 0 atom stereocenters. The number of hydrogen-bond donors (Lipinski definition) is 1. The smallest absolute Gasteiger partial charge is 0.325 e. The first kappa shape index (κ1) is 13.7. The summed E-state index contributed by atoms with van der Waals surface area (Å²) in [7, 11) is 2.10. The minimum Gasteiger partial charge on any atom is -0.465 e. The largest absolute Gasteiger partial charge is 0.465 e. The number of ether oxygens (including phenoxy) is 1. The summed E-state index contributed by atoms with van der Waals surface area (Å²) in [5.74, 6) is 0.357. The van der Waals surface area contributed by atoms with Gasteiger partial charge in [0.15, 0.2) is 0 Å². The Labute approximate surface area is 113 Å². The molecule has 0 aromatic carbocycles. The van der Waals surface area contributed by atoms with Gasteiger partial charge in [-0.1, -0.05) is 0 Å². The van der Waals surface area contributed by atoms with E-state index in [-0.39, 0.29) is 12.5 Å². The molecule has 6 nitrogen and oxygen atoms in total. The fourth-order valence-corrected chi connectivity index (χ4v) is 2.03. The maximum atomic E-state index is 11.3. The van der Waals surface area contributed by atoms with Crippen LogP contribution in [0.3, 0.4) is 0 Å². The Morgan fingerprint density at radius 3 is 2.89 bits per heavy atom. The molecule has 1 aromatic heterocycles. The number of fused-ring (bicyclic) bond motifs is 1. The van der Waals surface area contributed by atoms with Crippen LogP contribution in [0.1, 0.15) is 18.3 Å². The molecule has 0 amide bonds. The number of hydrogen-bond acceptors (Lipinski definition) is 6. The summed E-state index contributed by atoms with van der Waals surface area (Å²) in [5, 5.41) is 2.95. The third-order valence-corrected chi connectivity index (χ3v) is 3.11. The van der Waals surface area contributed by atoms with Gasteiger partial charge in [-0.25, -0.2) is 4.98 Å². The van der Waals surface area contributed by atoms with Crippen LogP contribution in [0.2, 0.25) is 0 Å². The lowest BCUT2D eigenvalue weighted by atomic mass is 10.2. The summed E-state index contributed by atoms with van der Waals surface area (Å²) in [6.45, 7) is 4.31. The van der Waals surface area contributed by atoms with Crippen LogP contribution in [-0.2, 0) is 22.4 Å². The Bertz CT molecular complexity index is 450. The lowest BCUT2D eigenvalue weighted by molar-refractivity contribution is -0.140. The molecule has 2 heterocycles. The number of rotatable bonds is 4. The number of anilines is 1. The second kappa shape index (κ2) is 6.47. The number of esters is 1. The molecular weight excluding hydrogens is 244 g/mol. The van der Waals surface area contributed by atoms with E-state index in [1.165, 1.54) is 0 Å². The van der Waals surface area contributed by atoms with Gasteiger partial charge >= 0.3 is 5.97 Å². The molecular formula is C13H20N4O2. The van der Waals surface area contributed by atoms with Gasteiger partial charge < -0.3 is 15.0 Å². The zero-order chi connectivity index (χ0) is 13.7. The molecule has 1 aliphatic heterocycles. The molecule has 1 N–H and O–H groups in total. The zero-order valence-corrected chi connectivity index (χ0v) is 11.5. The molecule has 6 heteroatoms. The van der Waals surface area contributed by atoms with E-state index in [0.29, 0.717) is 12.4 Å². The van der Waals surface area contributed by atoms with Crippen LogP contribution >= 0.6 is 0 Å². The molecule has 0 spiro atoms. The van der Waals surface area contributed by atoms with Gasteiger partial charge in [-0.3, -0.25) is 9.78 Å². The molecule has 104 valence electrons. The van der Waals surface area contributed by atoms with Crippen molar-refractivity contribution < 1.29 is 9.53 Å². The number of carbonyl (C=O) groups excluding carboxylic acids is 1. The molecule has 0 radical (unpaired) electrons. The lowest BCUT2D eigenvalue weighted by Crippen LogP contribution is -2.20. The van der Waals surface area contributed by atoms with Gasteiger partial charge in [-0.05, 0) is 14.0 Å². The van der Waals surface area contributed by atoms with Crippen molar-refractivity contribution in [2.24, 2.45) is 0 Å². The van der Waals surface area contributed by atoms with Crippen LogP contribution in [0.25, 0.3) is 0 Å². The van der Waals surface area contributed by atoms with Gasteiger partial charge in [0.25, 0.3) is 0 Å². The van der Waals surface area contributed by atoms with Crippen molar-refractivity contribution in [2.45, 2.75) is 19.8 Å². The first-order valence-corrected chi connectivity index (χ1v) is 6.62. The average molecular weight is 264 g/mol. The standard InChI is InChI=1S/C13H20N4O2/c1-3-19-13(18)9-15-12-8-14-10-4-6-17(2)7-5-11(10)16-12/h8H,3-7,9H2,1-2H3,(H,15,16). The highest BCUT2D eigenvalue weighted by molar-refractivity contribution is 5.74. The minimum atomic E-state index is -0.279. The monoisotopic (exact) mass is 264 g/mol. The van der Waals surface area contributed by atoms with Crippen LogP contribution in [0.4, 0.5) is 5.82 Å². The van der Waals surface area contributed by atoms with E-state index < -0.39 is 0 Å². The normalized spacial score (nSPS) is 15.5. The van der Waals surface area contributed by atoms with E-state index in [1.54, 1.807) is 13.1 Å². The van der Waals surface area contributed by atoms with Crippen molar-refractivity contribution in [1.29, 1.82) is 0 Å². The van der Waals surface area contributed by atoms with Crippen LogP contribution in [0.15, 0.2) is 6.20 Å². The number of carbonyl (C=O) groups is 1. The molecule has 19 heavy (non-hydrogen) atoms. The average Bonchev–Trinajstić information content (AvgIpc) is 2.59. The Balaban J connectivity index is 1.99. The fraction of sp³-hybridized carbons (Fsp3) is 0.615. The molecule has 0 saturated carbocycles. The molecule has 0 bridgehead atoms. The summed E-state index contributed by atoms with van der Waals surface area (Å²) in [6.07, 6.45) is 3.51. The van der Waals surface area contributed by atoms with Gasteiger partial charge in [-0.2, -0.15) is 0 Å². The van der Waals surface area contributed by atoms with Gasteiger partial charge in [0.1, 0.15) is 12.4 Å². The summed E-state index contributed by atoms with van der Waals surface area (Å²) < 4.78 is 4.85. The van der Waals surface area contributed by atoms with Gasteiger partial charge in [-0.15, -0.1) is 0 Å². The summed E-state index contributed by atoms with van der Waals surface area (Å²) in [4.78, 5) is 22.5. The van der Waals surface area contributed by atoms with Crippen LogP contribution < -0.4 is 5.32 Å². The van der Waals surface area contributed by atoms with Crippen molar-refractivity contribution in [3.63, 3.8) is 0 Å². The second-order valence-corrected chi connectivity index (χ2v) is 4.61. The Kier molecular flexibility index (Phi) is 4.68. The quantitative estimate of drug-likeness (QED) is 0.798. The van der Waals surface area contributed by atoms with Crippen LogP contribution in [0, 0.1) is 0 Å². The first-order chi connectivity index (χ1) is 9.19. The van der Waals surface area contributed by atoms with E-state index in [9.17, 15) is 4.79 Å². The van der Waals surface area contributed by atoms with Crippen LogP contribution in [-0.4, -0.2) is 54.1 Å². The first-order valence-electron chi connectivity index (χ1n) is 6.62. The lowest BCUT2D eigenvalue weighted by Gasteiger charge is -2.10. The van der Waals surface area contributed by atoms with Crippen molar-refractivity contribution in [1.82, 2.24) is 14.9 Å². The number of nitrogens with zero attached hydrogens (tertiary/aromatic N) is 3. The zero-order valence-electron chi connectivity index (χ0n) is 11.5. The molecule has 0 unspecified atom stereocenters. The predicted octanol–water partition coefficient (Wildman–Crippen LogP) is 0.482. The van der Waals surface area contributed by atoms with Gasteiger partial charge in [0.2, 0.25) is 0 Å². The summed E-state index contributed by atoms with van der Waals surface area (Å²) in [6, 6.07) is 0. The van der Waals surface area contributed by atoms with E-state index in [1.807, 2.05) is 0 Å². The van der Waals surface area contributed by atoms with Crippen molar-refractivity contribution in [3.8, 4) is 0 Å². The summed E-state index contributed by atoms with van der Waals surface area (Å²) in [5.41, 5.74) is 2.09. The van der Waals surface area contributed by atoms with Crippen molar-refractivity contribution in [2.75, 3.05) is 38.6 Å². The molecule has 0 fully saturated rings. The molecule has 2 rings (SSSR count). The van der Waals surface area contributed by atoms with Crippen LogP contribution in [0.5, 0.6) is 0 Å². The highest BCUT2D eigenvalue weighted by Gasteiger charge is 2.14. The van der Waals surface area contributed by atoms with Gasteiger partial charge in [0, 0.05) is 25.9 Å². The highest BCUT2D eigenvalue weighted by atomic mass is 16.5. The van der Waals surface area contributed by atoms with E-state index >= 15 is 0 Å². The Morgan fingerprint density at radius 2 is 2.16 bits per heavy atom. The number of likely N-dealkylation sites (N-methyl/N-ethyl adjacent to an activating group) is 1. The van der Waals surface area contributed by atoms with Gasteiger partial charge in [0.05, 0.1) is 24.2 Å². The number of aromatic nitrogens is 2. The molecule has 0 aliphatic carbocycles. The summed E-state index contributed by atoms with van der Waals surface area (Å²) >= 11 is 0.